The Morgan fingerprint density at radius 1 is 0.885 bits per heavy atom. The Hall–Kier alpha value is -2.79. The lowest BCUT2D eigenvalue weighted by atomic mass is 9.93. The normalized spacial score (nSPS) is 20.2. The van der Waals surface area contributed by atoms with Gasteiger partial charge in [0.25, 0.3) is 0 Å². The van der Waals surface area contributed by atoms with Crippen LogP contribution in [-0.4, -0.2) is 39.5 Å². The highest BCUT2D eigenvalue weighted by molar-refractivity contribution is 5.19. The van der Waals surface area contributed by atoms with Crippen molar-refractivity contribution in [2.24, 2.45) is 5.92 Å². The minimum absolute atomic E-state index is 0.375. The second kappa shape index (κ2) is 8.06. The molecule has 4 rings (SSSR count). The van der Waals surface area contributed by atoms with Crippen molar-refractivity contribution in [2.45, 2.75) is 12.5 Å². The zero-order valence-electron chi connectivity index (χ0n) is 14.6. The molecule has 26 heavy (non-hydrogen) atoms. The minimum Gasteiger partial charge on any atom is -0.493 e. The van der Waals surface area contributed by atoms with Gasteiger partial charge in [0.1, 0.15) is 5.75 Å². The average Bonchev–Trinajstić information content (AvgIpc) is 3.11. The molecule has 5 heteroatoms. The largest absolute Gasteiger partial charge is 0.493 e. The van der Waals surface area contributed by atoms with E-state index >= 15 is 0 Å². The first-order valence-electron chi connectivity index (χ1n) is 8.93. The molecule has 0 spiro atoms. The summed E-state index contributed by atoms with van der Waals surface area (Å²) in [7, 11) is 0. The Morgan fingerprint density at radius 3 is 2.38 bits per heavy atom. The Morgan fingerprint density at radius 2 is 1.65 bits per heavy atom. The summed E-state index contributed by atoms with van der Waals surface area (Å²) < 4.78 is 6.04. The smallest absolute Gasteiger partial charge is 0.122 e. The van der Waals surface area contributed by atoms with Gasteiger partial charge >= 0.3 is 0 Å². The van der Waals surface area contributed by atoms with Crippen LogP contribution >= 0.6 is 0 Å². The third kappa shape index (κ3) is 4.06. The molecule has 3 aromatic rings. The zero-order chi connectivity index (χ0) is 17.6. The van der Waals surface area contributed by atoms with E-state index in [1.54, 1.807) is 12.4 Å². The molecule has 1 aliphatic heterocycles. The predicted molar refractivity (Wildman–Crippen MR) is 99.7 cm³/mol. The Bertz CT molecular complexity index is 798. The summed E-state index contributed by atoms with van der Waals surface area (Å²) in [5.74, 6) is 1.65. The van der Waals surface area contributed by atoms with Crippen molar-refractivity contribution in [3.8, 4) is 5.75 Å². The minimum atomic E-state index is 0.375. The fraction of sp³-hybridized carbons (Fsp3) is 0.286. The van der Waals surface area contributed by atoms with Gasteiger partial charge in [-0.2, -0.15) is 0 Å². The summed E-state index contributed by atoms with van der Waals surface area (Å²) in [5.41, 5.74) is 2.43. The van der Waals surface area contributed by atoms with Gasteiger partial charge in [-0.1, -0.05) is 6.07 Å². The van der Waals surface area contributed by atoms with E-state index in [0.29, 0.717) is 18.4 Å². The molecule has 3 aromatic heterocycles. The molecule has 5 nitrogen and oxygen atoms in total. The van der Waals surface area contributed by atoms with Gasteiger partial charge in [0.05, 0.1) is 6.61 Å². The molecule has 1 aliphatic rings. The topological polar surface area (TPSA) is 51.1 Å². The van der Waals surface area contributed by atoms with Crippen LogP contribution in [0.15, 0.2) is 73.4 Å². The Labute approximate surface area is 153 Å². The van der Waals surface area contributed by atoms with Crippen molar-refractivity contribution in [1.82, 2.24) is 19.9 Å². The summed E-state index contributed by atoms with van der Waals surface area (Å²) in [5, 5.41) is 0. The molecule has 2 atom stereocenters. The molecular weight excluding hydrogens is 324 g/mol. The van der Waals surface area contributed by atoms with E-state index in [1.165, 1.54) is 5.56 Å². The molecule has 132 valence electrons. The zero-order valence-corrected chi connectivity index (χ0v) is 14.6. The average molecular weight is 346 g/mol. The van der Waals surface area contributed by atoms with Crippen LogP contribution in [0.2, 0.25) is 0 Å². The van der Waals surface area contributed by atoms with Crippen molar-refractivity contribution in [2.75, 3.05) is 19.7 Å². The summed E-state index contributed by atoms with van der Waals surface area (Å²) in [4.78, 5) is 15.2. The van der Waals surface area contributed by atoms with E-state index in [0.717, 1.165) is 31.1 Å². The first-order chi connectivity index (χ1) is 12.9. The summed E-state index contributed by atoms with van der Waals surface area (Å²) >= 11 is 0. The lowest BCUT2D eigenvalue weighted by molar-refractivity contribution is 0.232. The number of nitrogens with zero attached hydrogens (tertiary/aromatic N) is 4. The fourth-order valence-electron chi connectivity index (χ4n) is 3.57. The van der Waals surface area contributed by atoms with Crippen molar-refractivity contribution in [3.63, 3.8) is 0 Å². The number of ether oxygens (including phenoxy) is 1. The summed E-state index contributed by atoms with van der Waals surface area (Å²) in [6.45, 7) is 3.59. The van der Waals surface area contributed by atoms with E-state index in [9.17, 15) is 0 Å². The van der Waals surface area contributed by atoms with E-state index in [4.69, 9.17) is 4.74 Å². The van der Waals surface area contributed by atoms with Gasteiger partial charge in [-0.3, -0.25) is 19.9 Å². The van der Waals surface area contributed by atoms with Gasteiger partial charge in [0, 0.05) is 68.1 Å². The molecule has 0 N–H and O–H groups in total. The molecule has 4 heterocycles. The molecular formula is C21H22N4O. The predicted octanol–water partition coefficient (Wildman–Crippen LogP) is 3.17. The van der Waals surface area contributed by atoms with Gasteiger partial charge in [-0.05, 0) is 42.0 Å². The third-order valence-corrected chi connectivity index (χ3v) is 4.85. The molecule has 0 bridgehead atoms. The molecule has 0 aromatic carbocycles. The molecule has 0 aliphatic carbocycles. The first kappa shape index (κ1) is 16.7. The van der Waals surface area contributed by atoms with Crippen LogP contribution < -0.4 is 4.74 Å². The van der Waals surface area contributed by atoms with Crippen LogP contribution in [-0.2, 0) is 6.54 Å². The molecule has 0 saturated carbocycles. The third-order valence-electron chi connectivity index (χ3n) is 4.85. The van der Waals surface area contributed by atoms with Crippen LogP contribution in [0.3, 0.4) is 0 Å². The standard InChI is InChI=1S/C21H22N4O/c1-2-8-24-21(3-1)20-15-25(13-17-4-9-22-10-5-17)14-18(20)16-26-19-6-11-23-12-7-19/h1-12,18,20H,13-16H2/t18-,20+/m0/s1. The number of likely N-dealkylation sites (tertiary alicyclic amines) is 1. The first-order valence-corrected chi connectivity index (χ1v) is 8.93. The highest BCUT2D eigenvalue weighted by atomic mass is 16.5. The maximum Gasteiger partial charge on any atom is 0.122 e. The summed E-state index contributed by atoms with van der Waals surface area (Å²) in [6, 6.07) is 14.1. The number of hydrogen-bond donors (Lipinski definition) is 0. The van der Waals surface area contributed by atoms with E-state index in [2.05, 4.69) is 44.1 Å². The Balaban J connectivity index is 1.47. The van der Waals surface area contributed by atoms with Crippen LogP contribution in [0.25, 0.3) is 0 Å². The second-order valence-electron chi connectivity index (χ2n) is 6.66. The molecule has 0 unspecified atom stereocenters. The van der Waals surface area contributed by atoms with Gasteiger partial charge in [-0.15, -0.1) is 0 Å². The van der Waals surface area contributed by atoms with Gasteiger partial charge in [-0.25, -0.2) is 0 Å². The van der Waals surface area contributed by atoms with Crippen LogP contribution in [0.4, 0.5) is 0 Å². The van der Waals surface area contributed by atoms with Gasteiger partial charge < -0.3 is 4.74 Å². The molecule has 1 fully saturated rings. The SMILES string of the molecule is c1ccc([C@@H]2CN(Cc3ccncc3)C[C@H]2COc2ccncc2)nc1. The lowest BCUT2D eigenvalue weighted by Crippen LogP contribution is -2.22. The van der Waals surface area contributed by atoms with E-state index in [1.807, 2.05) is 36.8 Å². The quantitative estimate of drug-likeness (QED) is 0.686. The van der Waals surface area contributed by atoms with Gasteiger partial charge in [0.2, 0.25) is 0 Å². The number of aromatic nitrogens is 3. The van der Waals surface area contributed by atoms with Crippen LogP contribution in [0, 0.1) is 5.92 Å². The summed E-state index contributed by atoms with van der Waals surface area (Å²) in [6.07, 6.45) is 9.10. The number of pyridine rings is 3. The number of hydrogen-bond acceptors (Lipinski definition) is 5. The highest BCUT2D eigenvalue weighted by Crippen LogP contribution is 2.33. The Kier molecular flexibility index (Phi) is 5.17. The molecule has 0 radical (unpaired) electrons. The van der Waals surface area contributed by atoms with Crippen LogP contribution in [0.5, 0.6) is 5.75 Å². The monoisotopic (exact) mass is 346 g/mol. The van der Waals surface area contributed by atoms with Gasteiger partial charge in [0.15, 0.2) is 0 Å². The van der Waals surface area contributed by atoms with Crippen LogP contribution in [0.1, 0.15) is 17.2 Å². The van der Waals surface area contributed by atoms with Crippen molar-refractivity contribution < 1.29 is 4.74 Å². The maximum absolute atomic E-state index is 6.04. The lowest BCUT2D eigenvalue weighted by Gasteiger charge is -2.18. The van der Waals surface area contributed by atoms with E-state index < -0.39 is 0 Å². The molecule has 0 amide bonds. The van der Waals surface area contributed by atoms with Crippen molar-refractivity contribution >= 4 is 0 Å². The second-order valence-corrected chi connectivity index (χ2v) is 6.66. The highest BCUT2D eigenvalue weighted by Gasteiger charge is 2.35. The number of rotatable bonds is 6. The maximum atomic E-state index is 6.04. The fourth-order valence-corrected chi connectivity index (χ4v) is 3.57. The van der Waals surface area contributed by atoms with Crippen molar-refractivity contribution in [3.05, 3.63) is 84.7 Å². The van der Waals surface area contributed by atoms with E-state index in [-0.39, 0.29) is 0 Å². The van der Waals surface area contributed by atoms with Crippen molar-refractivity contribution in [1.29, 1.82) is 0 Å². The molecule has 1 saturated heterocycles.